The number of hydrazine groups is 1. The summed E-state index contributed by atoms with van der Waals surface area (Å²) in [5.41, 5.74) is 6.04. The van der Waals surface area contributed by atoms with Crippen molar-refractivity contribution < 1.29 is 19.1 Å². The first-order valence-corrected chi connectivity index (χ1v) is 9.48. The Bertz CT molecular complexity index is 1020. The van der Waals surface area contributed by atoms with Crippen LogP contribution in [0.4, 0.5) is 0 Å². The van der Waals surface area contributed by atoms with Crippen molar-refractivity contribution in [2.45, 2.75) is 20.3 Å². The lowest BCUT2D eigenvalue weighted by Gasteiger charge is -2.13. The van der Waals surface area contributed by atoms with E-state index >= 15 is 0 Å². The highest BCUT2D eigenvalue weighted by molar-refractivity contribution is 5.99. The van der Waals surface area contributed by atoms with Gasteiger partial charge in [-0.1, -0.05) is 31.2 Å². The summed E-state index contributed by atoms with van der Waals surface area (Å²) >= 11 is 0. The molecule has 0 spiro atoms. The summed E-state index contributed by atoms with van der Waals surface area (Å²) in [5.74, 6) is 0.0879. The molecule has 3 rings (SSSR count). The molecule has 0 radical (unpaired) electrons. The van der Waals surface area contributed by atoms with Gasteiger partial charge in [0, 0.05) is 10.9 Å². The number of para-hydroxylation sites is 1. The molecule has 3 aromatic rings. The molecule has 0 atom stereocenters. The van der Waals surface area contributed by atoms with Crippen LogP contribution in [0.2, 0.25) is 0 Å². The average molecular weight is 393 g/mol. The monoisotopic (exact) mass is 393 g/mol. The topological polar surface area (TPSA) is 89.6 Å². The number of pyridine rings is 1. The van der Waals surface area contributed by atoms with E-state index in [1.54, 1.807) is 24.3 Å². The van der Waals surface area contributed by atoms with Gasteiger partial charge < -0.3 is 9.47 Å². The number of nitrogens with one attached hydrogen (secondary N) is 2. The molecular weight excluding hydrogens is 370 g/mol. The Hall–Kier alpha value is -3.61. The fourth-order valence-corrected chi connectivity index (χ4v) is 2.69. The fourth-order valence-electron chi connectivity index (χ4n) is 2.69. The first-order valence-electron chi connectivity index (χ1n) is 9.48. The van der Waals surface area contributed by atoms with E-state index < -0.39 is 11.8 Å². The van der Waals surface area contributed by atoms with Crippen molar-refractivity contribution in [1.29, 1.82) is 0 Å². The van der Waals surface area contributed by atoms with Gasteiger partial charge >= 0.3 is 0 Å². The van der Waals surface area contributed by atoms with E-state index in [0.29, 0.717) is 35.8 Å². The number of benzene rings is 2. The third kappa shape index (κ3) is 5.01. The van der Waals surface area contributed by atoms with Gasteiger partial charge in [0.15, 0.2) is 11.5 Å². The summed E-state index contributed by atoms with van der Waals surface area (Å²) in [5, 5.41) is 0.932. The van der Waals surface area contributed by atoms with Gasteiger partial charge in [-0.15, -0.1) is 0 Å². The number of carbonyl (C=O) groups excluding carboxylic acids is 2. The van der Waals surface area contributed by atoms with Gasteiger partial charge in [0.2, 0.25) is 0 Å². The van der Waals surface area contributed by atoms with Gasteiger partial charge in [-0.05, 0) is 43.7 Å². The van der Waals surface area contributed by atoms with E-state index in [1.807, 2.05) is 44.2 Å². The summed E-state index contributed by atoms with van der Waals surface area (Å²) < 4.78 is 11.2. The van der Waals surface area contributed by atoms with Crippen molar-refractivity contribution >= 4 is 22.7 Å². The Morgan fingerprint density at radius 2 is 1.69 bits per heavy atom. The van der Waals surface area contributed by atoms with Crippen LogP contribution < -0.4 is 20.3 Å². The second-order valence-electron chi connectivity index (χ2n) is 6.24. The largest absolute Gasteiger partial charge is 0.490 e. The van der Waals surface area contributed by atoms with Gasteiger partial charge in [-0.2, -0.15) is 0 Å². The van der Waals surface area contributed by atoms with Gasteiger partial charge in [0.1, 0.15) is 5.69 Å². The second kappa shape index (κ2) is 9.54. The van der Waals surface area contributed by atoms with Crippen LogP contribution in [0.15, 0.2) is 54.6 Å². The number of rotatable bonds is 7. The highest BCUT2D eigenvalue weighted by Gasteiger charge is 2.14. The second-order valence-corrected chi connectivity index (χ2v) is 6.24. The van der Waals surface area contributed by atoms with Gasteiger partial charge in [0.05, 0.1) is 18.7 Å². The van der Waals surface area contributed by atoms with Crippen molar-refractivity contribution in [3.63, 3.8) is 0 Å². The fraction of sp³-hybridized carbons (Fsp3) is 0.227. The number of ether oxygens (including phenoxy) is 2. The Morgan fingerprint density at radius 3 is 2.48 bits per heavy atom. The van der Waals surface area contributed by atoms with Crippen molar-refractivity contribution in [1.82, 2.24) is 15.8 Å². The van der Waals surface area contributed by atoms with E-state index in [2.05, 4.69) is 15.8 Å². The summed E-state index contributed by atoms with van der Waals surface area (Å²) in [4.78, 5) is 29.1. The molecule has 0 unspecified atom stereocenters. The highest BCUT2D eigenvalue weighted by atomic mass is 16.5. The molecule has 2 N–H and O–H groups in total. The third-order valence-electron chi connectivity index (χ3n) is 4.09. The molecule has 0 aliphatic rings. The quantitative estimate of drug-likeness (QED) is 0.600. The maximum absolute atomic E-state index is 12.4. The molecule has 1 aromatic heterocycles. The zero-order chi connectivity index (χ0) is 20.6. The molecule has 0 fully saturated rings. The van der Waals surface area contributed by atoms with Crippen molar-refractivity contribution in [3.8, 4) is 11.5 Å². The predicted octanol–water partition coefficient (Wildman–Crippen LogP) is 3.50. The molecule has 0 saturated heterocycles. The first kappa shape index (κ1) is 20.1. The van der Waals surface area contributed by atoms with Crippen molar-refractivity contribution in [2.24, 2.45) is 0 Å². The minimum Gasteiger partial charge on any atom is -0.490 e. The normalized spacial score (nSPS) is 10.4. The van der Waals surface area contributed by atoms with E-state index in [9.17, 15) is 9.59 Å². The Balaban J connectivity index is 1.67. The average Bonchev–Trinajstić information content (AvgIpc) is 2.76. The molecule has 0 saturated carbocycles. The number of nitrogens with zero attached hydrogens (tertiary/aromatic N) is 1. The van der Waals surface area contributed by atoms with Crippen LogP contribution in [0.1, 0.15) is 41.1 Å². The third-order valence-corrected chi connectivity index (χ3v) is 4.09. The van der Waals surface area contributed by atoms with Crippen LogP contribution in [0, 0.1) is 0 Å². The number of carbonyl (C=O) groups is 2. The number of hydrogen-bond donors (Lipinski definition) is 2. The summed E-state index contributed by atoms with van der Waals surface area (Å²) in [6.45, 7) is 4.86. The van der Waals surface area contributed by atoms with E-state index in [0.717, 1.165) is 11.8 Å². The van der Waals surface area contributed by atoms with Crippen LogP contribution in [-0.4, -0.2) is 30.0 Å². The lowest BCUT2D eigenvalue weighted by Crippen LogP contribution is -2.41. The zero-order valence-electron chi connectivity index (χ0n) is 16.4. The van der Waals surface area contributed by atoms with E-state index in [4.69, 9.17) is 9.47 Å². The molecule has 1 heterocycles. The van der Waals surface area contributed by atoms with Crippen LogP contribution >= 0.6 is 0 Å². The first-order chi connectivity index (χ1) is 14.1. The molecule has 150 valence electrons. The molecule has 0 aliphatic carbocycles. The molecule has 7 nitrogen and oxygen atoms in total. The predicted molar refractivity (Wildman–Crippen MR) is 110 cm³/mol. The van der Waals surface area contributed by atoms with Crippen LogP contribution in [0.5, 0.6) is 11.5 Å². The SMILES string of the molecule is CCCOc1ccc(C(=O)NNC(=O)c2ccc3ccccc3n2)cc1OCC. The Labute approximate surface area is 169 Å². The van der Waals surface area contributed by atoms with E-state index in [-0.39, 0.29) is 5.69 Å². The highest BCUT2D eigenvalue weighted by Crippen LogP contribution is 2.28. The summed E-state index contributed by atoms with van der Waals surface area (Å²) in [7, 11) is 0. The van der Waals surface area contributed by atoms with Gasteiger partial charge in [-0.25, -0.2) is 4.98 Å². The lowest BCUT2D eigenvalue weighted by atomic mass is 10.2. The molecule has 0 aliphatic heterocycles. The van der Waals surface area contributed by atoms with E-state index in [1.165, 1.54) is 0 Å². The number of hydrogen-bond acceptors (Lipinski definition) is 5. The standard InChI is InChI=1S/C22H23N3O4/c1-3-13-29-19-12-10-16(14-20(19)28-4-2)21(26)24-25-22(27)18-11-9-15-7-5-6-8-17(15)23-18/h5-12,14H,3-4,13H2,1-2H3,(H,24,26)(H,25,27). The van der Waals surface area contributed by atoms with Crippen molar-refractivity contribution in [2.75, 3.05) is 13.2 Å². The molecular formula is C22H23N3O4. The minimum atomic E-state index is -0.503. The van der Waals surface area contributed by atoms with Crippen LogP contribution in [0.3, 0.4) is 0 Å². The molecule has 2 amide bonds. The van der Waals surface area contributed by atoms with Crippen molar-refractivity contribution in [3.05, 3.63) is 65.9 Å². The number of fused-ring (bicyclic) bond motifs is 1. The number of aromatic nitrogens is 1. The lowest BCUT2D eigenvalue weighted by molar-refractivity contribution is 0.0844. The zero-order valence-corrected chi connectivity index (χ0v) is 16.4. The minimum absolute atomic E-state index is 0.210. The Morgan fingerprint density at radius 1 is 0.897 bits per heavy atom. The van der Waals surface area contributed by atoms with Gasteiger partial charge in [-0.3, -0.25) is 20.4 Å². The maximum atomic E-state index is 12.4. The Kier molecular flexibility index (Phi) is 6.63. The van der Waals surface area contributed by atoms with Crippen LogP contribution in [-0.2, 0) is 0 Å². The molecule has 0 bridgehead atoms. The number of amides is 2. The summed E-state index contributed by atoms with van der Waals surface area (Å²) in [6, 6.07) is 15.8. The van der Waals surface area contributed by atoms with Gasteiger partial charge in [0.25, 0.3) is 11.8 Å². The smallest absolute Gasteiger partial charge is 0.288 e. The maximum Gasteiger partial charge on any atom is 0.288 e. The van der Waals surface area contributed by atoms with Crippen LogP contribution in [0.25, 0.3) is 10.9 Å². The molecule has 29 heavy (non-hydrogen) atoms. The summed E-state index contributed by atoms with van der Waals surface area (Å²) in [6.07, 6.45) is 0.864. The molecule has 2 aromatic carbocycles. The molecule has 7 heteroatoms.